The van der Waals surface area contributed by atoms with E-state index in [4.69, 9.17) is 0 Å². The predicted molar refractivity (Wildman–Crippen MR) is 69.8 cm³/mol. The number of benzene rings is 1. The van der Waals surface area contributed by atoms with Gasteiger partial charge in [0.15, 0.2) is 0 Å². The van der Waals surface area contributed by atoms with Crippen LogP contribution in [0.15, 0.2) is 30.3 Å². The fourth-order valence-corrected chi connectivity index (χ4v) is 2.32. The first-order chi connectivity index (χ1) is 8.31. The van der Waals surface area contributed by atoms with Crippen LogP contribution in [0.2, 0.25) is 0 Å². The fourth-order valence-electron chi connectivity index (χ4n) is 2.32. The lowest BCUT2D eigenvalue weighted by Crippen LogP contribution is -2.45. The highest BCUT2D eigenvalue weighted by molar-refractivity contribution is 5.79. The average Bonchev–Trinajstić information content (AvgIpc) is 2.27. The molecular weight excluding hydrogens is 210 g/mol. The lowest BCUT2D eigenvalue weighted by molar-refractivity contribution is -0.134. The third kappa shape index (κ3) is 3.09. The number of rotatable bonds is 5. The maximum absolute atomic E-state index is 12.3. The van der Waals surface area contributed by atoms with Gasteiger partial charge in [0, 0.05) is 12.6 Å². The van der Waals surface area contributed by atoms with E-state index in [1.54, 1.807) is 0 Å². The van der Waals surface area contributed by atoms with E-state index in [0.717, 1.165) is 18.5 Å². The second-order valence-electron chi connectivity index (χ2n) is 4.83. The Balaban J connectivity index is 1.96. The maximum atomic E-state index is 12.3. The molecule has 2 heteroatoms. The van der Waals surface area contributed by atoms with E-state index in [1.165, 1.54) is 19.3 Å². The summed E-state index contributed by atoms with van der Waals surface area (Å²) in [6.45, 7) is 3.05. The number of hydrogen-bond donors (Lipinski definition) is 0. The van der Waals surface area contributed by atoms with E-state index < -0.39 is 0 Å². The van der Waals surface area contributed by atoms with Crippen LogP contribution in [0.25, 0.3) is 0 Å². The van der Waals surface area contributed by atoms with Crippen LogP contribution in [0, 0.1) is 0 Å². The zero-order valence-electron chi connectivity index (χ0n) is 10.6. The van der Waals surface area contributed by atoms with Crippen LogP contribution in [0.1, 0.15) is 38.2 Å². The molecule has 1 aliphatic carbocycles. The Morgan fingerprint density at radius 2 is 2.00 bits per heavy atom. The Morgan fingerprint density at radius 3 is 2.53 bits per heavy atom. The van der Waals surface area contributed by atoms with Gasteiger partial charge in [0.1, 0.15) is 0 Å². The summed E-state index contributed by atoms with van der Waals surface area (Å²) in [5, 5.41) is 0. The molecule has 0 radical (unpaired) electrons. The Bertz CT molecular complexity index is 356. The molecule has 1 amide bonds. The second kappa shape index (κ2) is 5.85. The molecule has 0 aromatic heterocycles. The fraction of sp³-hybridized carbons (Fsp3) is 0.533. The first-order valence-electron chi connectivity index (χ1n) is 6.64. The summed E-state index contributed by atoms with van der Waals surface area (Å²) in [6.07, 6.45) is 5.28. The van der Waals surface area contributed by atoms with E-state index in [9.17, 15) is 4.79 Å². The van der Waals surface area contributed by atoms with Gasteiger partial charge < -0.3 is 4.90 Å². The first-order valence-corrected chi connectivity index (χ1v) is 6.64. The lowest BCUT2D eigenvalue weighted by atomic mass is 9.91. The summed E-state index contributed by atoms with van der Waals surface area (Å²) in [7, 11) is 0. The van der Waals surface area contributed by atoms with E-state index in [0.29, 0.717) is 18.4 Å². The minimum absolute atomic E-state index is 0.294. The molecule has 1 aromatic rings. The normalized spacial score (nSPS) is 15.4. The minimum atomic E-state index is 0.294. The van der Waals surface area contributed by atoms with Crippen molar-refractivity contribution in [2.45, 2.75) is 45.1 Å². The molecule has 0 unspecified atom stereocenters. The van der Waals surface area contributed by atoms with Crippen LogP contribution in [-0.2, 0) is 11.2 Å². The standard InChI is InChI=1S/C15H21NO/c1-2-11-16(14-9-6-10-14)15(17)12-13-7-4-3-5-8-13/h3-5,7-8,14H,2,6,9-12H2,1H3. The molecule has 1 saturated carbocycles. The number of carbonyl (C=O) groups excluding carboxylic acids is 1. The number of hydrogen-bond acceptors (Lipinski definition) is 1. The largest absolute Gasteiger partial charge is 0.339 e. The molecule has 0 saturated heterocycles. The summed E-state index contributed by atoms with van der Waals surface area (Å²) < 4.78 is 0. The van der Waals surface area contributed by atoms with Crippen LogP contribution in [-0.4, -0.2) is 23.4 Å². The summed E-state index contributed by atoms with van der Waals surface area (Å²) in [6, 6.07) is 10.6. The highest BCUT2D eigenvalue weighted by Crippen LogP contribution is 2.25. The molecule has 2 rings (SSSR count). The molecule has 1 fully saturated rings. The number of nitrogens with zero attached hydrogens (tertiary/aromatic N) is 1. The van der Waals surface area contributed by atoms with Crippen molar-refractivity contribution in [1.82, 2.24) is 4.90 Å². The van der Waals surface area contributed by atoms with Gasteiger partial charge in [-0.2, -0.15) is 0 Å². The highest BCUT2D eigenvalue weighted by Gasteiger charge is 2.27. The van der Waals surface area contributed by atoms with Crippen molar-refractivity contribution in [2.75, 3.05) is 6.54 Å². The smallest absolute Gasteiger partial charge is 0.227 e. The first kappa shape index (κ1) is 12.2. The van der Waals surface area contributed by atoms with Gasteiger partial charge >= 0.3 is 0 Å². The molecule has 92 valence electrons. The summed E-state index contributed by atoms with van der Waals surface area (Å²) in [5.41, 5.74) is 1.12. The molecule has 2 nitrogen and oxygen atoms in total. The minimum Gasteiger partial charge on any atom is -0.339 e. The monoisotopic (exact) mass is 231 g/mol. The van der Waals surface area contributed by atoms with Crippen molar-refractivity contribution in [3.63, 3.8) is 0 Å². The van der Waals surface area contributed by atoms with Gasteiger partial charge in [-0.05, 0) is 31.2 Å². The Kier molecular flexibility index (Phi) is 4.18. The average molecular weight is 231 g/mol. The van der Waals surface area contributed by atoms with Gasteiger partial charge in [-0.1, -0.05) is 37.3 Å². The Hall–Kier alpha value is -1.31. The lowest BCUT2D eigenvalue weighted by Gasteiger charge is -2.37. The van der Waals surface area contributed by atoms with E-state index >= 15 is 0 Å². The second-order valence-corrected chi connectivity index (χ2v) is 4.83. The van der Waals surface area contributed by atoms with Crippen molar-refractivity contribution >= 4 is 5.91 Å². The van der Waals surface area contributed by atoms with Crippen molar-refractivity contribution < 1.29 is 4.79 Å². The topological polar surface area (TPSA) is 20.3 Å². The molecule has 0 spiro atoms. The summed E-state index contributed by atoms with van der Waals surface area (Å²) in [4.78, 5) is 14.4. The molecule has 0 atom stereocenters. The quantitative estimate of drug-likeness (QED) is 0.762. The Morgan fingerprint density at radius 1 is 1.29 bits per heavy atom. The summed E-state index contributed by atoms with van der Waals surface area (Å²) in [5.74, 6) is 0.294. The van der Waals surface area contributed by atoms with E-state index in [2.05, 4.69) is 11.8 Å². The van der Waals surface area contributed by atoms with Gasteiger partial charge in [-0.25, -0.2) is 0 Å². The molecule has 1 aromatic carbocycles. The van der Waals surface area contributed by atoms with Gasteiger partial charge in [-0.15, -0.1) is 0 Å². The zero-order chi connectivity index (χ0) is 12.1. The van der Waals surface area contributed by atoms with Crippen LogP contribution >= 0.6 is 0 Å². The molecule has 0 aliphatic heterocycles. The van der Waals surface area contributed by atoms with Crippen molar-refractivity contribution in [1.29, 1.82) is 0 Å². The van der Waals surface area contributed by atoms with Crippen LogP contribution in [0.3, 0.4) is 0 Å². The van der Waals surface area contributed by atoms with Crippen molar-refractivity contribution in [2.24, 2.45) is 0 Å². The van der Waals surface area contributed by atoms with Gasteiger partial charge in [0.25, 0.3) is 0 Å². The third-order valence-corrected chi connectivity index (χ3v) is 3.50. The van der Waals surface area contributed by atoms with Crippen molar-refractivity contribution in [3.8, 4) is 0 Å². The molecule has 17 heavy (non-hydrogen) atoms. The zero-order valence-corrected chi connectivity index (χ0v) is 10.6. The summed E-state index contributed by atoms with van der Waals surface area (Å²) >= 11 is 0. The van der Waals surface area contributed by atoms with Gasteiger partial charge in [0.05, 0.1) is 6.42 Å². The Labute approximate surface area is 104 Å². The maximum Gasteiger partial charge on any atom is 0.227 e. The highest BCUT2D eigenvalue weighted by atomic mass is 16.2. The molecule has 0 bridgehead atoms. The predicted octanol–water partition coefficient (Wildman–Crippen LogP) is 3.02. The number of amides is 1. The van der Waals surface area contributed by atoms with Crippen LogP contribution in [0.4, 0.5) is 0 Å². The molecule has 0 heterocycles. The third-order valence-electron chi connectivity index (χ3n) is 3.50. The van der Waals surface area contributed by atoms with Crippen LogP contribution in [0.5, 0.6) is 0 Å². The van der Waals surface area contributed by atoms with Crippen LogP contribution < -0.4 is 0 Å². The molecular formula is C15H21NO. The van der Waals surface area contributed by atoms with Gasteiger partial charge in [0.2, 0.25) is 5.91 Å². The molecule has 1 aliphatic rings. The van der Waals surface area contributed by atoms with Crippen molar-refractivity contribution in [3.05, 3.63) is 35.9 Å². The number of carbonyl (C=O) groups is 1. The van der Waals surface area contributed by atoms with Gasteiger partial charge in [-0.3, -0.25) is 4.79 Å². The van der Waals surface area contributed by atoms with E-state index in [1.807, 2.05) is 30.3 Å². The molecule has 0 N–H and O–H groups in total. The van der Waals surface area contributed by atoms with E-state index in [-0.39, 0.29) is 0 Å². The SMILES string of the molecule is CCCN(C(=O)Cc1ccccc1)C1CCC1.